The average Bonchev–Trinajstić information content (AvgIpc) is 2.05. The fourth-order valence-electron chi connectivity index (χ4n) is 0.583. The molecule has 13 heavy (non-hydrogen) atoms. The number of carbonyl (C=O) groups excluding carboxylic acids is 1. The summed E-state index contributed by atoms with van der Waals surface area (Å²) in [5, 5.41) is 7.89. The molecule has 1 atom stereocenters. The number of rotatable bonds is 0. The van der Waals surface area contributed by atoms with Crippen molar-refractivity contribution in [1.29, 1.82) is 0 Å². The van der Waals surface area contributed by atoms with Crippen molar-refractivity contribution >= 4 is 17.6 Å². The van der Waals surface area contributed by atoms with Crippen LogP contribution in [0.1, 0.15) is 13.3 Å². The highest BCUT2D eigenvalue weighted by Gasteiger charge is 2.17. The molecule has 0 bridgehead atoms. The van der Waals surface area contributed by atoms with Crippen LogP contribution in [0.25, 0.3) is 0 Å². The first kappa shape index (κ1) is 12.2. The lowest BCUT2D eigenvalue weighted by Gasteiger charge is -2.14. The van der Waals surface area contributed by atoms with Crippen LogP contribution in [-0.4, -0.2) is 23.2 Å². The summed E-state index contributed by atoms with van der Waals surface area (Å²) in [6.07, 6.45) is 7.49. The predicted molar refractivity (Wildman–Crippen MR) is 51.4 cm³/mol. The summed E-state index contributed by atoms with van der Waals surface area (Å²) in [7, 11) is 1.35. The quantitative estimate of drug-likeness (QED) is 0.482. The van der Waals surface area contributed by atoms with Gasteiger partial charge in [-0.3, -0.25) is 4.79 Å². The molecule has 0 aliphatic heterocycles. The molecule has 0 fully saturated rings. The molecule has 0 amide bonds. The maximum atomic E-state index is 9.59. The van der Waals surface area contributed by atoms with E-state index in [0.717, 1.165) is 0 Å². The second-order valence-corrected chi connectivity index (χ2v) is 3.16. The summed E-state index contributed by atoms with van der Waals surface area (Å²) < 4.78 is 4.11. The van der Waals surface area contributed by atoms with Crippen LogP contribution in [0.4, 0.5) is 0 Å². The van der Waals surface area contributed by atoms with E-state index in [1.807, 2.05) is 12.2 Å². The maximum absolute atomic E-state index is 9.59. The smallest absolute Gasteiger partial charge is 0.302 e. The highest BCUT2D eigenvalue weighted by molar-refractivity contribution is 6.24. The van der Waals surface area contributed by atoms with Crippen molar-refractivity contribution in [3.63, 3.8) is 0 Å². The molecule has 1 aliphatic carbocycles. The van der Waals surface area contributed by atoms with Gasteiger partial charge in [-0.25, -0.2) is 0 Å². The fourth-order valence-corrected chi connectivity index (χ4v) is 0.745. The number of carbonyl (C=O) groups is 1. The van der Waals surface area contributed by atoms with Gasteiger partial charge in [-0.15, -0.1) is 0 Å². The van der Waals surface area contributed by atoms with E-state index in [-0.39, 0.29) is 5.97 Å². The Morgan fingerprint density at radius 1 is 1.62 bits per heavy atom. The number of allylic oxidation sites excluding steroid dienone is 2. The fraction of sp³-hybridized carbons (Fsp3) is 0.444. The molecule has 0 aromatic carbocycles. The summed E-state index contributed by atoms with van der Waals surface area (Å²) in [4.78, 5) is 9.59. The van der Waals surface area contributed by atoms with Crippen molar-refractivity contribution in [3.8, 4) is 0 Å². The third kappa shape index (κ3) is 7.56. The summed E-state index contributed by atoms with van der Waals surface area (Å²) in [6, 6.07) is 0. The van der Waals surface area contributed by atoms with Crippen molar-refractivity contribution in [3.05, 3.63) is 24.3 Å². The number of hydrogen-bond acceptors (Lipinski definition) is 3. The lowest BCUT2D eigenvalue weighted by molar-refractivity contribution is -0.137. The molecule has 74 valence electrons. The van der Waals surface area contributed by atoms with Gasteiger partial charge in [0.05, 0.1) is 7.11 Å². The van der Waals surface area contributed by atoms with Crippen LogP contribution in [0.3, 0.4) is 0 Å². The van der Waals surface area contributed by atoms with E-state index < -0.39 is 5.06 Å². The molecule has 1 rings (SSSR count). The van der Waals surface area contributed by atoms with Gasteiger partial charge in [0.2, 0.25) is 0 Å². The molecule has 0 saturated carbocycles. The topological polar surface area (TPSA) is 46.5 Å². The third-order valence-corrected chi connectivity index (χ3v) is 1.57. The van der Waals surface area contributed by atoms with Gasteiger partial charge >= 0.3 is 5.97 Å². The Morgan fingerprint density at radius 3 is 2.31 bits per heavy atom. The second-order valence-electron chi connectivity index (χ2n) is 2.51. The van der Waals surface area contributed by atoms with Crippen LogP contribution in [0, 0.1) is 0 Å². The first-order valence-corrected chi connectivity index (χ1v) is 4.16. The van der Waals surface area contributed by atoms with E-state index in [0.29, 0.717) is 6.42 Å². The van der Waals surface area contributed by atoms with Gasteiger partial charge in [0.1, 0.15) is 0 Å². The molecule has 0 aromatic rings. The number of aliphatic hydroxyl groups is 1. The Balaban J connectivity index is 0.000000252. The molecular formula is C9H13ClO3. The van der Waals surface area contributed by atoms with Gasteiger partial charge in [0.15, 0.2) is 5.06 Å². The van der Waals surface area contributed by atoms with E-state index in [2.05, 4.69) is 4.74 Å². The average molecular weight is 205 g/mol. The van der Waals surface area contributed by atoms with Crippen molar-refractivity contribution in [2.75, 3.05) is 7.11 Å². The number of alkyl halides is 1. The van der Waals surface area contributed by atoms with Crippen LogP contribution >= 0.6 is 11.6 Å². The molecule has 0 radical (unpaired) electrons. The van der Waals surface area contributed by atoms with Gasteiger partial charge in [-0.1, -0.05) is 29.8 Å². The van der Waals surface area contributed by atoms with E-state index >= 15 is 0 Å². The Hall–Kier alpha value is -0.800. The van der Waals surface area contributed by atoms with E-state index in [4.69, 9.17) is 16.7 Å². The largest absolute Gasteiger partial charge is 0.469 e. The lowest BCUT2D eigenvalue weighted by Crippen LogP contribution is -2.16. The molecule has 1 N–H and O–H groups in total. The summed E-state index contributed by atoms with van der Waals surface area (Å²) in [6.45, 7) is 1.36. The molecule has 0 heterocycles. The molecule has 0 saturated heterocycles. The number of ether oxygens (including phenoxy) is 1. The minimum atomic E-state index is -1.12. The summed E-state index contributed by atoms with van der Waals surface area (Å²) >= 11 is 5.49. The second kappa shape index (κ2) is 5.78. The normalized spacial score (nSPS) is 24.6. The Kier molecular flexibility index (Phi) is 5.42. The zero-order valence-corrected chi connectivity index (χ0v) is 8.41. The van der Waals surface area contributed by atoms with Gasteiger partial charge in [-0.2, -0.15) is 0 Å². The van der Waals surface area contributed by atoms with Crippen LogP contribution in [0.2, 0.25) is 0 Å². The van der Waals surface area contributed by atoms with E-state index in [9.17, 15) is 4.79 Å². The van der Waals surface area contributed by atoms with Crippen molar-refractivity contribution < 1.29 is 14.6 Å². The first-order valence-electron chi connectivity index (χ1n) is 3.78. The first-order chi connectivity index (χ1) is 5.98. The number of methoxy groups -OCH3 is 1. The van der Waals surface area contributed by atoms with Crippen LogP contribution in [0.5, 0.6) is 0 Å². The Bertz CT molecular complexity index is 219. The Labute approximate surface area is 82.7 Å². The third-order valence-electron chi connectivity index (χ3n) is 1.29. The molecule has 0 spiro atoms. The van der Waals surface area contributed by atoms with E-state index in [1.165, 1.54) is 14.0 Å². The summed E-state index contributed by atoms with van der Waals surface area (Å²) in [5.74, 6) is -0.245. The summed E-state index contributed by atoms with van der Waals surface area (Å²) in [5.41, 5.74) is 0. The SMILES string of the molecule is COC(C)=O.OC1(Cl)C=CC=CC1. The predicted octanol–water partition coefficient (Wildman–Crippen LogP) is 1.61. The van der Waals surface area contributed by atoms with Crippen molar-refractivity contribution in [2.45, 2.75) is 18.4 Å². The minimum absolute atomic E-state index is 0.245. The number of halogens is 1. The molecular weight excluding hydrogens is 192 g/mol. The number of hydrogen-bond donors (Lipinski definition) is 1. The van der Waals surface area contributed by atoms with Crippen LogP contribution in [-0.2, 0) is 9.53 Å². The lowest BCUT2D eigenvalue weighted by atomic mass is 10.1. The van der Waals surface area contributed by atoms with E-state index in [1.54, 1.807) is 12.2 Å². The minimum Gasteiger partial charge on any atom is -0.469 e. The zero-order valence-electron chi connectivity index (χ0n) is 7.66. The molecule has 0 aromatic heterocycles. The zero-order chi connectivity index (χ0) is 10.3. The van der Waals surface area contributed by atoms with Gasteiger partial charge in [0.25, 0.3) is 0 Å². The maximum Gasteiger partial charge on any atom is 0.302 e. The van der Waals surface area contributed by atoms with Gasteiger partial charge in [0, 0.05) is 13.3 Å². The van der Waals surface area contributed by atoms with Gasteiger partial charge in [-0.05, 0) is 6.08 Å². The number of esters is 1. The molecule has 3 nitrogen and oxygen atoms in total. The Morgan fingerprint density at radius 2 is 2.15 bits per heavy atom. The van der Waals surface area contributed by atoms with Crippen molar-refractivity contribution in [1.82, 2.24) is 0 Å². The molecule has 4 heteroatoms. The van der Waals surface area contributed by atoms with Gasteiger partial charge < -0.3 is 9.84 Å². The van der Waals surface area contributed by atoms with Crippen LogP contribution < -0.4 is 0 Å². The molecule has 1 unspecified atom stereocenters. The highest BCUT2D eigenvalue weighted by Crippen LogP contribution is 2.20. The monoisotopic (exact) mass is 204 g/mol. The standard InChI is InChI=1S/C6H7ClO.C3H6O2/c7-6(8)4-2-1-3-5-6;1-3(4)5-2/h1-4,8H,5H2;1-2H3. The van der Waals surface area contributed by atoms with Crippen LogP contribution in [0.15, 0.2) is 24.3 Å². The van der Waals surface area contributed by atoms with Crippen molar-refractivity contribution in [2.24, 2.45) is 0 Å². The molecule has 1 aliphatic rings. The highest BCUT2D eigenvalue weighted by atomic mass is 35.5.